The molecule has 0 N–H and O–H groups in total. The number of hydrogen-bond acceptors (Lipinski definition) is 8. The molecule has 44 heavy (non-hydrogen) atoms. The van der Waals surface area contributed by atoms with E-state index < -0.39 is 21.8 Å². The van der Waals surface area contributed by atoms with Crippen molar-refractivity contribution in [1.82, 2.24) is 4.90 Å². The standard InChI is InChI=1S/C33H37N3O8/c1-22-9-13-27(36(41)42)21-28(22)33(38)34(18-17-24-10-16-30(43-2)31(20-24)44-3)32(25-11-14-26(15-12-25)35(39)40)29(37)19-23-7-5-4-6-8-23/h9-16,20-21,23,32H,4-8,17-19H2,1-3H3. The Kier molecular flexibility index (Phi) is 10.6. The van der Waals surface area contributed by atoms with E-state index in [2.05, 4.69) is 0 Å². The third-order valence-electron chi connectivity index (χ3n) is 8.26. The Hall–Kier alpha value is -4.80. The Bertz CT molecular complexity index is 1520. The molecule has 11 heteroatoms. The number of carbonyl (C=O) groups excluding carboxylic acids is 2. The highest BCUT2D eigenvalue weighted by Gasteiger charge is 2.34. The molecule has 0 saturated heterocycles. The van der Waals surface area contributed by atoms with Gasteiger partial charge in [-0.1, -0.05) is 44.2 Å². The highest BCUT2D eigenvalue weighted by atomic mass is 16.6. The molecule has 1 atom stereocenters. The molecule has 232 valence electrons. The van der Waals surface area contributed by atoms with Gasteiger partial charge in [-0.25, -0.2) is 0 Å². The summed E-state index contributed by atoms with van der Waals surface area (Å²) in [7, 11) is 3.06. The van der Waals surface area contributed by atoms with Crippen LogP contribution in [0.15, 0.2) is 60.7 Å². The number of non-ortho nitro benzene ring substituents is 2. The van der Waals surface area contributed by atoms with Crippen LogP contribution in [-0.2, 0) is 11.2 Å². The van der Waals surface area contributed by atoms with Crippen molar-refractivity contribution in [1.29, 1.82) is 0 Å². The third-order valence-corrected chi connectivity index (χ3v) is 8.26. The fraction of sp³-hybridized carbons (Fsp3) is 0.394. The third kappa shape index (κ3) is 7.58. The maximum absolute atomic E-state index is 14.4. The molecule has 0 aromatic heterocycles. The summed E-state index contributed by atoms with van der Waals surface area (Å²) in [6.07, 6.45) is 5.63. The van der Waals surface area contributed by atoms with Gasteiger partial charge < -0.3 is 14.4 Å². The van der Waals surface area contributed by atoms with Gasteiger partial charge >= 0.3 is 0 Å². The van der Waals surface area contributed by atoms with Crippen LogP contribution in [0.5, 0.6) is 11.5 Å². The number of amides is 1. The van der Waals surface area contributed by atoms with Gasteiger partial charge in [0.1, 0.15) is 6.04 Å². The molecule has 0 bridgehead atoms. The minimum atomic E-state index is -1.05. The number of aryl methyl sites for hydroxylation is 1. The van der Waals surface area contributed by atoms with Gasteiger partial charge in [0.15, 0.2) is 17.3 Å². The summed E-state index contributed by atoms with van der Waals surface area (Å²) >= 11 is 0. The highest BCUT2D eigenvalue weighted by molar-refractivity contribution is 6.00. The SMILES string of the molecule is COc1ccc(CCN(C(=O)c2cc([N+](=O)[O-])ccc2C)C(C(=O)CC2CCCCC2)c2ccc([N+](=O)[O-])cc2)cc1OC. The molecule has 1 unspecified atom stereocenters. The first kappa shape index (κ1) is 32.1. The van der Waals surface area contributed by atoms with Gasteiger partial charge in [0.25, 0.3) is 17.3 Å². The van der Waals surface area contributed by atoms with Gasteiger partial charge in [0.2, 0.25) is 0 Å². The van der Waals surface area contributed by atoms with E-state index in [1.807, 2.05) is 6.07 Å². The molecule has 3 aromatic carbocycles. The van der Waals surface area contributed by atoms with Gasteiger partial charge in [-0.3, -0.25) is 29.8 Å². The van der Waals surface area contributed by atoms with E-state index >= 15 is 0 Å². The minimum Gasteiger partial charge on any atom is -0.493 e. The number of Topliss-reactive ketones (excluding diaryl/α,β-unsaturated/α-hetero) is 1. The second-order valence-electron chi connectivity index (χ2n) is 11.1. The van der Waals surface area contributed by atoms with E-state index in [1.54, 1.807) is 19.1 Å². The van der Waals surface area contributed by atoms with Crippen molar-refractivity contribution in [2.75, 3.05) is 20.8 Å². The van der Waals surface area contributed by atoms with Crippen LogP contribution in [0.4, 0.5) is 11.4 Å². The number of carbonyl (C=O) groups is 2. The number of benzene rings is 3. The molecule has 11 nitrogen and oxygen atoms in total. The first-order valence-corrected chi connectivity index (χ1v) is 14.7. The van der Waals surface area contributed by atoms with E-state index in [-0.39, 0.29) is 41.6 Å². The highest BCUT2D eigenvalue weighted by Crippen LogP contribution is 2.34. The summed E-state index contributed by atoms with van der Waals surface area (Å²) in [6.45, 7) is 1.78. The van der Waals surface area contributed by atoms with Gasteiger partial charge in [-0.2, -0.15) is 0 Å². The molecule has 1 fully saturated rings. The molecule has 0 aliphatic heterocycles. The molecule has 4 rings (SSSR count). The number of ether oxygens (including phenoxy) is 2. The van der Waals surface area contributed by atoms with Crippen LogP contribution < -0.4 is 9.47 Å². The monoisotopic (exact) mass is 603 g/mol. The number of nitro groups is 2. The normalized spacial score (nSPS) is 14.0. The Balaban J connectivity index is 1.79. The summed E-state index contributed by atoms with van der Waals surface area (Å²) in [5.41, 5.74) is 1.53. The van der Waals surface area contributed by atoms with Crippen molar-refractivity contribution in [3.8, 4) is 11.5 Å². The Labute approximate surface area is 256 Å². The lowest BCUT2D eigenvalue weighted by molar-refractivity contribution is -0.385. The molecule has 0 heterocycles. The van der Waals surface area contributed by atoms with Crippen molar-refractivity contribution in [2.45, 2.75) is 57.9 Å². The summed E-state index contributed by atoms with van der Waals surface area (Å²) < 4.78 is 10.8. The van der Waals surface area contributed by atoms with Crippen LogP contribution in [0.25, 0.3) is 0 Å². The lowest BCUT2D eigenvalue weighted by Crippen LogP contribution is -2.41. The number of nitro benzene ring substituents is 2. The van der Waals surface area contributed by atoms with Crippen LogP contribution in [0.3, 0.4) is 0 Å². The van der Waals surface area contributed by atoms with E-state index in [1.165, 1.54) is 61.6 Å². The van der Waals surface area contributed by atoms with Gasteiger partial charge in [0.05, 0.1) is 24.1 Å². The smallest absolute Gasteiger partial charge is 0.270 e. The fourth-order valence-corrected chi connectivity index (χ4v) is 5.85. The lowest BCUT2D eigenvalue weighted by atomic mass is 9.83. The molecule has 1 aliphatic carbocycles. The second-order valence-corrected chi connectivity index (χ2v) is 11.1. The molecule has 0 radical (unpaired) electrons. The van der Waals surface area contributed by atoms with Gasteiger partial charge in [-0.15, -0.1) is 0 Å². The average molecular weight is 604 g/mol. The molecule has 1 saturated carbocycles. The van der Waals surface area contributed by atoms with Crippen LogP contribution in [0.1, 0.15) is 71.6 Å². The van der Waals surface area contributed by atoms with Crippen molar-refractivity contribution in [2.24, 2.45) is 5.92 Å². The molecule has 1 aliphatic rings. The first-order valence-electron chi connectivity index (χ1n) is 14.7. The largest absolute Gasteiger partial charge is 0.493 e. The molecule has 3 aromatic rings. The quantitative estimate of drug-likeness (QED) is 0.153. The van der Waals surface area contributed by atoms with Crippen molar-refractivity contribution in [3.63, 3.8) is 0 Å². The zero-order valence-corrected chi connectivity index (χ0v) is 25.2. The Morgan fingerprint density at radius 3 is 2.11 bits per heavy atom. The van der Waals surface area contributed by atoms with E-state index in [4.69, 9.17) is 9.47 Å². The number of methoxy groups -OCH3 is 2. The molecular formula is C33H37N3O8. The van der Waals surface area contributed by atoms with Crippen LogP contribution in [0.2, 0.25) is 0 Å². The van der Waals surface area contributed by atoms with Gasteiger partial charge in [0, 0.05) is 42.8 Å². The maximum Gasteiger partial charge on any atom is 0.270 e. The number of ketones is 1. The van der Waals surface area contributed by atoms with Crippen molar-refractivity contribution < 1.29 is 28.9 Å². The fourth-order valence-electron chi connectivity index (χ4n) is 5.85. The summed E-state index contributed by atoms with van der Waals surface area (Å²) in [4.78, 5) is 51.9. The van der Waals surface area contributed by atoms with Gasteiger partial charge in [-0.05, 0) is 60.2 Å². The number of nitrogens with zero attached hydrogens (tertiary/aromatic N) is 3. The number of hydrogen-bond donors (Lipinski definition) is 0. The second kappa shape index (κ2) is 14.6. The lowest BCUT2D eigenvalue weighted by Gasteiger charge is -2.33. The van der Waals surface area contributed by atoms with E-state index in [0.717, 1.165) is 37.7 Å². The van der Waals surface area contributed by atoms with Crippen LogP contribution >= 0.6 is 0 Å². The predicted octanol–water partition coefficient (Wildman–Crippen LogP) is 6.79. The van der Waals surface area contributed by atoms with E-state index in [9.17, 15) is 29.8 Å². The van der Waals surface area contributed by atoms with Crippen molar-refractivity contribution >= 4 is 23.1 Å². The van der Waals surface area contributed by atoms with Crippen molar-refractivity contribution in [3.05, 3.63) is 103 Å². The zero-order valence-electron chi connectivity index (χ0n) is 25.2. The summed E-state index contributed by atoms with van der Waals surface area (Å²) in [5, 5.41) is 23.0. The Morgan fingerprint density at radius 1 is 0.864 bits per heavy atom. The topological polar surface area (TPSA) is 142 Å². The molecule has 0 spiro atoms. The zero-order chi connectivity index (χ0) is 31.8. The number of rotatable bonds is 13. The van der Waals surface area contributed by atoms with Crippen LogP contribution in [0, 0.1) is 33.1 Å². The van der Waals surface area contributed by atoms with Crippen LogP contribution in [-0.4, -0.2) is 47.2 Å². The summed E-state index contributed by atoms with van der Waals surface area (Å²) in [5.74, 6) is 0.529. The Morgan fingerprint density at radius 2 is 1.50 bits per heavy atom. The minimum absolute atomic E-state index is 0.0918. The average Bonchev–Trinajstić information content (AvgIpc) is 3.03. The summed E-state index contributed by atoms with van der Waals surface area (Å²) in [6, 6.07) is 14.1. The molecule has 1 amide bonds. The maximum atomic E-state index is 14.4. The predicted molar refractivity (Wildman–Crippen MR) is 164 cm³/mol. The first-order chi connectivity index (χ1) is 21.1. The molecular weight excluding hydrogens is 566 g/mol. The van der Waals surface area contributed by atoms with E-state index in [0.29, 0.717) is 29.0 Å².